The molecule has 2 fully saturated rings. The van der Waals surface area contributed by atoms with Crippen molar-refractivity contribution in [3.05, 3.63) is 0 Å². The van der Waals surface area contributed by atoms with E-state index in [4.69, 9.17) is 4.74 Å². The van der Waals surface area contributed by atoms with Crippen LogP contribution in [-0.4, -0.2) is 49.7 Å². The molecule has 2 aliphatic heterocycles. The van der Waals surface area contributed by atoms with E-state index < -0.39 is 0 Å². The summed E-state index contributed by atoms with van der Waals surface area (Å²) in [6.45, 7) is 6.31. The standard InChI is InChI=1S/C13H24N2O2/c1-11-4-7-15(8-5-11)13(16)10-17-12-3-2-6-14-9-12/h11-12,14H,2-10H2,1H3. The number of nitrogens with one attached hydrogen (secondary N) is 1. The van der Waals surface area contributed by atoms with Gasteiger partial charge in [-0.15, -0.1) is 0 Å². The van der Waals surface area contributed by atoms with Crippen molar-refractivity contribution in [2.75, 3.05) is 32.8 Å². The third-order valence-electron chi connectivity index (χ3n) is 3.83. The predicted octanol–water partition coefficient (Wildman–Crippen LogP) is 1.01. The molecule has 0 aromatic carbocycles. The minimum absolute atomic E-state index is 0.169. The van der Waals surface area contributed by atoms with Gasteiger partial charge in [-0.3, -0.25) is 4.79 Å². The molecule has 17 heavy (non-hydrogen) atoms. The Balaban J connectivity index is 1.66. The first kappa shape index (κ1) is 12.8. The zero-order chi connectivity index (χ0) is 12.1. The molecular formula is C13H24N2O2. The van der Waals surface area contributed by atoms with Crippen molar-refractivity contribution in [1.82, 2.24) is 10.2 Å². The molecule has 0 radical (unpaired) electrons. The van der Waals surface area contributed by atoms with Crippen LogP contribution in [0.5, 0.6) is 0 Å². The summed E-state index contributed by atoms with van der Waals surface area (Å²) in [6.07, 6.45) is 4.74. The van der Waals surface area contributed by atoms with Gasteiger partial charge in [-0.05, 0) is 38.1 Å². The van der Waals surface area contributed by atoms with E-state index in [1.807, 2.05) is 4.90 Å². The van der Waals surface area contributed by atoms with E-state index in [1.54, 1.807) is 0 Å². The Kier molecular flexibility index (Phi) is 4.80. The number of ether oxygens (including phenoxy) is 1. The molecule has 1 atom stereocenters. The highest BCUT2D eigenvalue weighted by Crippen LogP contribution is 2.16. The van der Waals surface area contributed by atoms with Crippen LogP contribution in [0.3, 0.4) is 0 Å². The van der Waals surface area contributed by atoms with E-state index in [0.29, 0.717) is 0 Å². The Morgan fingerprint density at radius 2 is 2.12 bits per heavy atom. The first-order valence-corrected chi connectivity index (χ1v) is 6.86. The second-order valence-corrected chi connectivity index (χ2v) is 5.34. The van der Waals surface area contributed by atoms with Gasteiger partial charge in [-0.25, -0.2) is 0 Å². The first-order valence-electron chi connectivity index (χ1n) is 6.86. The highest BCUT2D eigenvalue weighted by Gasteiger charge is 2.21. The van der Waals surface area contributed by atoms with Crippen molar-refractivity contribution in [1.29, 1.82) is 0 Å². The van der Waals surface area contributed by atoms with Crippen molar-refractivity contribution < 1.29 is 9.53 Å². The fraction of sp³-hybridized carbons (Fsp3) is 0.923. The molecule has 2 saturated heterocycles. The molecule has 2 aliphatic rings. The fourth-order valence-corrected chi connectivity index (χ4v) is 2.50. The van der Waals surface area contributed by atoms with Crippen LogP contribution >= 0.6 is 0 Å². The number of nitrogens with zero attached hydrogens (tertiary/aromatic N) is 1. The zero-order valence-corrected chi connectivity index (χ0v) is 10.8. The summed E-state index contributed by atoms with van der Waals surface area (Å²) in [5.74, 6) is 0.935. The summed E-state index contributed by atoms with van der Waals surface area (Å²) in [6, 6.07) is 0. The van der Waals surface area contributed by atoms with Gasteiger partial charge in [0.2, 0.25) is 5.91 Å². The number of carbonyl (C=O) groups is 1. The number of likely N-dealkylation sites (tertiary alicyclic amines) is 1. The van der Waals surface area contributed by atoms with E-state index in [1.165, 1.54) is 0 Å². The van der Waals surface area contributed by atoms with Crippen LogP contribution in [0.1, 0.15) is 32.6 Å². The van der Waals surface area contributed by atoms with Crippen molar-refractivity contribution >= 4 is 5.91 Å². The molecule has 1 amide bonds. The van der Waals surface area contributed by atoms with Crippen LogP contribution in [0.25, 0.3) is 0 Å². The number of hydrogen-bond acceptors (Lipinski definition) is 3. The molecule has 1 unspecified atom stereocenters. The second-order valence-electron chi connectivity index (χ2n) is 5.34. The molecule has 2 heterocycles. The van der Waals surface area contributed by atoms with Gasteiger partial charge in [0.1, 0.15) is 6.61 Å². The van der Waals surface area contributed by atoms with Crippen LogP contribution in [-0.2, 0) is 9.53 Å². The molecule has 0 bridgehead atoms. The quantitative estimate of drug-likeness (QED) is 0.800. The molecule has 98 valence electrons. The number of amides is 1. The first-order chi connectivity index (χ1) is 8.25. The molecule has 1 N–H and O–H groups in total. The van der Waals surface area contributed by atoms with Crippen molar-refractivity contribution in [2.24, 2.45) is 5.92 Å². The summed E-state index contributed by atoms with van der Waals surface area (Å²) >= 11 is 0. The van der Waals surface area contributed by atoms with Crippen LogP contribution < -0.4 is 5.32 Å². The zero-order valence-electron chi connectivity index (χ0n) is 10.8. The van der Waals surface area contributed by atoms with Gasteiger partial charge in [0, 0.05) is 19.6 Å². The smallest absolute Gasteiger partial charge is 0.248 e. The molecule has 0 aliphatic carbocycles. The van der Waals surface area contributed by atoms with E-state index in [2.05, 4.69) is 12.2 Å². The SMILES string of the molecule is CC1CCN(C(=O)COC2CCCNC2)CC1. The predicted molar refractivity (Wildman–Crippen MR) is 66.8 cm³/mol. The van der Waals surface area contributed by atoms with E-state index in [0.717, 1.165) is 57.8 Å². The van der Waals surface area contributed by atoms with Gasteiger partial charge < -0.3 is 15.0 Å². The van der Waals surface area contributed by atoms with Gasteiger partial charge in [-0.1, -0.05) is 6.92 Å². The Labute approximate surface area is 104 Å². The van der Waals surface area contributed by atoms with Gasteiger partial charge >= 0.3 is 0 Å². The summed E-state index contributed by atoms with van der Waals surface area (Å²) in [4.78, 5) is 13.9. The Bertz CT molecular complexity index is 244. The fourth-order valence-electron chi connectivity index (χ4n) is 2.50. The van der Waals surface area contributed by atoms with Crippen molar-refractivity contribution in [3.8, 4) is 0 Å². The summed E-state index contributed by atoms with van der Waals surface area (Å²) in [5.41, 5.74) is 0. The molecule has 0 aromatic heterocycles. The summed E-state index contributed by atoms with van der Waals surface area (Å²) in [5, 5.41) is 3.29. The average Bonchev–Trinajstić information content (AvgIpc) is 2.38. The van der Waals surface area contributed by atoms with Crippen molar-refractivity contribution in [2.45, 2.75) is 38.7 Å². The topological polar surface area (TPSA) is 41.6 Å². The minimum Gasteiger partial charge on any atom is -0.367 e. The summed E-state index contributed by atoms with van der Waals surface area (Å²) < 4.78 is 5.67. The Morgan fingerprint density at radius 1 is 1.35 bits per heavy atom. The molecule has 4 nitrogen and oxygen atoms in total. The highest BCUT2D eigenvalue weighted by molar-refractivity contribution is 5.77. The third-order valence-corrected chi connectivity index (χ3v) is 3.83. The van der Waals surface area contributed by atoms with Gasteiger partial charge in [0.25, 0.3) is 0 Å². The van der Waals surface area contributed by atoms with Gasteiger partial charge in [0.05, 0.1) is 6.10 Å². The van der Waals surface area contributed by atoms with Crippen LogP contribution in [0.4, 0.5) is 0 Å². The van der Waals surface area contributed by atoms with E-state index in [-0.39, 0.29) is 18.6 Å². The van der Waals surface area contributed by atoms with Gasteiger partial charge in [-0.2, -0.15) is 0 Å². The maximum Gasteiger partial charge on any atom is 0.248 e. The van der Waals surface area contributed by atoms with Crippen LogP contribution in [0, 0.1) is 5.92 Å². The minimum atomic E-state index is 0.169. The third kappa shape index (κ3) is 3.96. The maximum atomic E-state index is 11.9. The number of piperidine rings is 2. The summed E-state index contributed by atoms with van der Waals surface area (Å²) in [7, 11) is 0. The lowest BCUT2D eigenvalue weighted by molar-refractivity contribution is -0.139. The normalized spacial score (nSPS) is 27.1. The highest BCUT2D eigenvalue weighted by atomic mass is 16.5. The van der Waals surface area contributed by atoms with E-state index >= 15 is 0 Å². The molecule has 2 rings (SSSR count). The molecule has 0 aromatic rings. The number of carbonyl (C=O) groups excluding carboxylic acids is 1. The molecule has 0 spiro atoms. The van der Waals surface area contributed by atoms with Gasteiger partial charge in [0.15, 0.2) is 0 Å². The number of hydrogen-bond donors (Lipinski definition) is 1. The molecule has 4 heteroatoms. The maximum absolute atomic E-state index is 11.9. The lowest BCUT2D eigenvalue weighted by Crippen LogP contribution is -2.42. The Hall–Kier alpha value is -0.610. The van der Waals surface area contributed by atoms with Crippen LogP contribution in [0.2, 0.25) is 0 Å². The lowest BCUT2D eigenvalue weighted by atomic mass is 9.99. The largest absolute Gasteiger partial charge is 0.367 e. The molecular weight excluding hydrogens is 216 g/mol. The van der Waals surface area contributed by atoms with Crippen molar-refractivity contribution in [3.63, 3.8) is 0 Å². The molecule has 0 saturated carbocycles. The second kappa shape index (κ2) is 6.36. The van der Waals surface area contributed by atoms with Crippen LogP contribution in [0.15, 0.2) is 0 Å². The monoisotopic (exact) mass is 240 g/mol. The Morgan fingerprint density at radius 3 is 2.76 bits per heavy atom. The average molecular weight is 240 g/mol. The number of rotatable bonds is 3. The lowest BCUT2D eigenvalue weighted by Gasteiger charge is -2.31. The van der Waals surface area contributed by atoms with E-state index in [9.17, 15) is 4.79 Å².